The van der Waals surface area contributed by atoms with E-state index in [-0.39, 0.29) is 11.9 Å². The maximum Gasteiger partial charge on any atom is 0.166 e. The lowest BCUT2D eigenvalue weighted by Gasteiger charge is -2.30. The second-order valence-electron chi connectivity index (χ2n) is 4.60. The number of anilines is 1. The lowest BCUT2D eigenvalue weighted by molar-refractivity contribution is 0.0831. The first-order valence-corrected chi connectivity index (χ1v) is 6.17. The Morgan fingerprint density at radius 2 is 2.12 bits per heavy atom. The van der Waals surface area contributed by atoms with Crippen molar-refractivity contribution in [1.29, 1.82) is 0 Å². The van der Waals surface area contributed by atoms with Crippen LogP contribution in [0.15, 0.2) is 24.3 Å². The van der Waals surface area contributed by atoms with Gasteiger partial charge < -0.3 is 9.64 Å². The number of carbonyl (C=O) groups excluding carboxylic acids is 1. The largest absolute Gasteiger partial charge is 0.377 e. The van der Waals surface area contributed by atoms with Gasteiger partial charge in [0.25, 0.3) is 0 Å². The molecule has 3 nitrogen and oxygen atoms in total. The number of rotatable bonds is 4. The summed E-state index contributed by atoms with van der Waals surface area (Å²) < 4.78 is 5.56. The molecule has 0 spiro atoms. The molecule has 0 amide bonds. The SMILES string of the molecule is CC(C)OCCN1CCC(=O)c2ccccc21. The van der Waals surface area contributed by atoms with E-state index in [2.05, 4.69) is 4.90 Å². The van der Waals surface area contributed by atoms with E-state index >= 15 is 0 Å². The molecule has 1 aliphatic heterocycles. The Kier molecular flexibility index (Phi) is 3.79. The Labute approximate surface area is 102 Å². The van der Waals surface area contributed by atoms with Crippen LogP contribution < -0.4 is 4.90 Å². The molecule has 0 aliphatic carbocycles. The predicted octanol–water partition coefficient (Wildman–Crippen LogP) is 2.50. The van der Waals surface area contributed by atoms with Gasteiger partial charge in [-0.2, -0.15) is 0 Å². The van der Waals surface area contributed by atoms with Crippen LogP contribution in [-0.4, -0.2) is 31.6 Å². The lowest BCUT2D eigenvalue weighted by Crippen LogP contribution is -2.35. The number of carbonyl (C=O) groups is 1. The van der Waals surface area contributed by atoms with E-state index in [1.54, 1.807) is 0 Å². The van der Waals surface area contributed by atoms with E-state index in [1.165, 1.54) is 0 Å². The molecule has 1 aromatic rings. The fourth-order valence-corrected chi connectivity index (χ4v) is 2.11. The first kappa shape index (κ1) is 12.1. The molecular formula is C14H19NO2. The minimum atomic E-state index is 0.252. The van der Waals surface area contributed by atoms with Crippen molar-refractivity contribution in [2.45, 2.75) is 26.4 Å². The molecule has 1 aromatic carbocycles. The first-order chi connectivity index (χ1) is 8.18. The Balaban J connectivity index is 2.05. The minimum absolute atomic E-state index is 0.252. The van der Waals surface area contributed by atoms with Gasteiger partial charge in [-0.3, -0.25) is 4.79 Å². The van der Waals surface area contributed by atoms with Gasteiger partial charge in [0.1, 0.15) is 0 Å². The molecule has 0 N–H and O–H groups in total. The number of nitrogens with zero attached hydrogens (tertiary/aromatic N) is 1. The van der Waals surface area contributed by atoms with E-state index in [9.17, 15) is 4.79 Å². The maximum absolute atomic E-state index is 11.8. The van der Waals surface area contributed by atoms with Crippen molar-refractivity contribution >= 4 is 11.5 Å². The van der Waals surface area contributed by atoms with E-state index in [4.69, 9.17) is 4.74 Å². The summed E-state index contributed by atoms with van der Waals surface area (Å²) in [6, 6.07) is 7.83. The van der Waals surface area contributed by atoms with E-state index in [0.29, 0.717) is 13.0 Å². The van der Waals surface area contributed by atoms with Crippen molar-refractivity contribution in [2.75, 3.05) is 24.6 Å². The van der Waals surface area contributed by atoms with Gasteiger partial charge in [-0.15, -0.1) is 0 Å². The number of ether oxygens (including phenoxy) is 1. The molecular weight excluding hydrogens is 214 g/mol. The van der Waals surface area contributed by atoms with Gasteiger partial charge in [-0.1, -0.05) is 12.1 Å². The highest BCUT2D eigenvalue weighted by atomic mass is 16.5. The van der Waals surface area contributed by atoms with Crippen LogP contribution in [0.1, 0.15) is 30.6 Å². The molecule has 0 saturated carbocycles. The molecule has 1 aliphatic rings. The molecule has 0 saturated heterocycles. The monoisotopic (exact) mass is 233 g/mol. The van der Waals surface area contributed by atoms with Crippen molar-refractivity contribution in [3.8, 4) is 0 Å². The molecule has 92 valence electrons. The van der Waals surface area contributed by atoms with Crippen molar-refractivity contribution in [1.82, 2.24) is 0 Å². The van der Waals surface area contributed by atoms with Gasteiger partial charge in [0, 0.05) is 30.8 Å². The van der Waals surface area contributed by atoms with Crippen molar-refractivity contribution in [2.24, 2.45) is 0 Å². The van der Waals surface area contributed by atoms with Crippen LogP contribution in [0.25, 0.3) is 0 Å². The molecule has 17 heavy (non-hydrogen) atoms. The average Bonchev–Trinajstić information content (AvgIpc) is 2.32. The second kappa shape index (κ2) is 5.32. The zero-order valence-corrected chi connectivity index (χ0v) is 10.5. The zero-order chi connectivity index (χ0) is 12.3. The Hall–Kier alpha value is -1.35. The van der Waals surface area contributed by atoms with Crippen molar-refractivity contribution in [3.63, 3.8) is 0 Å². The molecule has 0 aromatic heterocycles. The topological polar surface area (TPSA) is 29.5 Å². The average molecular weight is 233 g/mol. The van der Waals surface area contributed by atoms with Gasteiger partial charge in [0.2, 0.25) is 0 Å². The molecule has 3 heteroatoms. The van der Waals surface area contributed by atoms with Crippen LogP contribution in [-0.2, 0) is 4.74 Å². The zero-order valence-electron chi connectivity index (χ0n) is 10.5. The van der Waals surface area contributed by atoms with Crippen LogP contribution in [0.3, 0.4) is 0 Å². The summed E-state index contributed by atoms with van der Waals surface area (Å²) in [4.78, 5) is 14.0. The van der Waals surface area contributed by atoms with Crippen molar-refractivity contribution in [3.05, 3.63) is 29.8 Å². The lowest BCUT2D eigenvalue weighted by atomic mass is 10.0. The van der Waals surface area contributed by atoms with Gasteiger partial charge in [-0.25, -0.2) is 0 Å². The van der Waals surface area contributed by atoms with Gasteiger partial charge >= 0.3 is 0 Å². The van der Waals surface area contributed by atoms with E-state index in [1.807, 2.05) is 38.1 Å². The summed E-state index contributed by atoms with van der Waals surface area (Å²) in [6.45, 7) is 6.43. The number of benzene rings is 1. The Morgan fingerprint density at radius 3 is 2.88 bits per heavy atom. The number of fused-ring (bicyclic) bond motifs is 1. The van der Waals surface area contributed by atoms with Crippen LogP contribution in [0, 0.1) is 0 Å². The highest BCUT2D eigenvalue weighted by molar-refractivity contribution is 6.03. The van der Waals surface area contributed by atoms with E-state index < -0.39 is 0 Å². The number of hydrogen-bond acceptors (Lipinski definition) is 3. The highest BCUT2D eigenvalue weighted by Crippen LogP contribution is 2.26. The standard InChI is InChI=1S/C14H19NO2/c1-11(2)17-10-9-15-8-7-14(16)12-5-3-4-6-13(12)15/h3-6,11H,7-10H2,1-2H3. The normalized spacial score (nSPS) is 15.2. The molecule has 0 atom stereocenters. The Bertz CT molecular complexity index is 401. The van der Waals surface area contributed by atoms with Gasteiger partial charge in [0.15, 0.2) is 5.78 Å². The van der Waals surface area contributed by atoms with Gasteiger partial charge in [-0.05, 0) is 26.0 Å². The third-order valence-corrected chi connectivity index (χ3v) is 2.97. The van der Waals surface area contributed by atoms with E-state index in [0.717, 1.165) is 24.3 Å². The molecule has 2 rings (SSSR count). The highest BCUT2D eigenvalue weighted by Gasteiger charge is 2.21. The number of Topliss-reactive ketones (excluding diaryl/α,β-unsaturated/α-hetero) is 1. The second-order valence-corrected chi connectivity index (χ2v) is 4.60. The predicted molar refractivity (Wildman–Crippen MR) is 68.7 cm³/mol. The quantitative estimate of drug-likeness (QED) is 0.800. The number of para-hydroxylation sites is 1. The third kappa shape index (κ3) is 2.86. The minimum Gasteiger partial charge on any atom is -0.377 e. The molecule has 0 radical (unpaired) electrons. The Morgan fingerprint density at radius 1 is 1.35 bits per heavy atom. The van der Waals surface area contributed by atoms with Crippen LogP contribution in [0.4, 0.5) is 5.69 Å². The summed E-state index contributed by atoms with van der Waals surface area (Å²) in [5.74, 6) is 0.252. The maximum atomic E-state index is 11.8. The first-order valence-electron chi connectivity index (χ1n) is 6.17. The summed E-state index contributed by atoms with van der Waals surface area (Å²) in [6.07, 6.45) is 0.871. The molecule has 0 unspecified atom stereocenters. The smallest absolute Gasteiger partial charge is 0.166 e. The summed E-state index contributed by atoms with van der Waals surface area (Å²) in [5, 5.41) is 0. The third-order valence-electron chi connectivity index (χ3n) is 2.97. The van der Waals surface area contributed by atoms with Crippen LogP contribution in [0.5, 0.6) is 0 Å². The van der Waals surface area contributed by atoms with Crippen LogP contribution >= 0.6 is 0 Å². The van der Waals surface area contributed by atoms with Gasteiger partial charge in [0.05, 0.1) is 12.7 Å². The summed E-state index contributed by atoms with van der Waals surface area (Å²) in [7, 11) is 0. The number of hydrogen-bond donors (Lipinski definition) is 0. The number of ketones is 1. The molecule has 0 bridgehead atoms. The van der Waals surface area contributed by atoms with Crippen LogP contribution in [0.2, 0.25) is 0 Å². The fourth-order valence-electron chi connectivity index (χ4n) is 2.11. The molecule has 0 fully saturated rings. The fraction of sp³-hybridized carbons (Fsp3) is 0.500. The molecule has 1 heterocycles. The van der Waals surface area contributed by atoms with Crippen molar-refractivity contribution < 1.29 is 9.53 Å². The summed E-state index contributed by atoms with van der Waals surface area (Å²) >= 11 is 0. The summed E-state index contributed by atoms with van der Waals surface area (Å²) in [5.41, 5.74) is 1.90.